The van der Waals surface area contributed by atoms with Crippen molar-refractivity contribution in [1.29, 1.82) is 0 Å². The van der Waals surface area contributed by atoms with Crippen LogP contribution in [-0.2, 0) is 25.7 Å². The zero-order valence-electron chi connectivity index (χ0n) is 28.3. The van der Waals surface area contributed by atoms with Gasteiger partial charge in [0.25, 0.3) is 0 Å². The molecule has 0 amide bonds. The average Bonchev–Trinajstić information content (AvgIpc) is 3.42. The first-order valence-electron chi connectivity index (χ1n) is 17.5. The lowest BCUT2D eigenvalue weighted by molar-refractivity contribution is 0.426. The maximum absolute atomic E-state index is 6.84. The molecule has 0 fully saturated rings. The second-order valence-corrected chi connectivity index (χ2v) is 13.0. The van der Waals surface area contributed by atoms with Crippen LogP contribution in [0.4, 0.5) is 0 Å². The third-order valence-electron chi connectivity index (χ3n) is 10.4. The molecular formula is C40H46Cl2N6O. The summed E-state index contributed by atoms with van der Waals surface area (Å²) in [7, 11) is 0. The lowest BCUT2D eigenvalue weighted by Gasteiger charge is -2.23. The summed E-state index contributed by atoms with van der Waals surface area (Å²) in [6, 6.07) is 21.9. The summed E-state index contributed by atoms with van der Waals surface area (Å²) in [6.45, 7) is 8.56. The number of aromatic nitrogens is 4. The zero-order valence-corrected chi connectivity index (χ0v) is 29.9. The van der Waals surface area contributed by atoms with Gasteiger partial charge < -0.3 is 25.3 Å². The molecule has 6 aromatic rings. The van der Waals surface area contributed by atoms with E-state index in [1.165, 1.54) is 55.4 Å². The van der Waals surface area contributed by atoms with Gasteiger partial charge in [0.05, 0.1) is 0 Å². The minimum Gasteiger partial charge on any atom is -0.420 e. The molecule has 4 N–H and O–H groups in total. The van der Waals surface area contributed by atoms with Crippen molar-refractivity contribution in [3.8, 4) is 11.8 Å². The molecule has 2 aliphatic rings. The van der Waals surface area contributed by atoms with Crippen molar-refractivity contribution in [3.05, 3.63) is 118 Å². The number of ether oxygens (including phenoxy) is 1. The monoisotopic (exact) mass is 696 g/mol. The van der Waals surface area contributed by atoms with Gasteiger partial charge in [-0.15, -0.1) is 24.8 Å². The average molecular weight is 698 g/mol. The van der Waals surface area contributed by atoms with Crippen molar-refractivity contribution in [2.45, 2.75) is 64.2 Å². The van der Waals surface area contributed by atoms with Gasteiger partial charge in [-0.05, 0) is 85.3 Å². The number of fused-ring (bicyclic) bond motifs is 6. The van der Waals surface area contributed by atoms with Gasteiger partial charge in [0.1, 0.15) is 0 Å². The second kappa shape index (κ2) is 15.3. The number of nitrogens with zero attached hydrogens (tertiary/aromatic N) is 2. The Kier molecular flexibility index (Phi) is 10.9. The normalized spacial score (nSPS) is 15.6. The number of aromatic amines is 2. The first-order chi connectivity index (χ1) is 23.2. The number of nitrogens with one attached hydrogen (secondary N) is 4. The van der Waals surface area contributed by atoms with Crippen LogP contribution in [-0.4, -0.2) is 46.1 Å². The summed E-state index contributed by atoms with van der Waals surface area (Å²) in [6.07, 6.45) is 9.65. The van der Waals surface area contributed by atoms with Crippen LogP contribution in [0.15, 0.2) is 73.1 Å². The van der Waals surface area contributed by atoms with Gasteiger partial charge in [-0.2, -0.15) is 0 Å². The zero-order chi connectivity index (χ0) is 31.7. The molecule has 0 saturated carbocycles. The molecule has 0 spiro atoms. The number of benzene rings is 2. The van der Waals surface area contributed by atoms with Crippen LogP contribution in [0.2, 0.25) is 0 Å². The van der Waals surface area contributed by atoms with E-state index in [0.29, 0.717) is 11.8 Å². The van der Waals surface area contributed by atoms with Gasteiger partial charge in [-0.1, -0.05) is 50.2 Å². The van der Waals surface area contributed by atoms with Crippen LogP contribution in [0.1, 0.15) is 83.3 Å². The standard InChI is InChI=1S/C40H44N6O.2ClH/c1-3-25(27-9-5-13-35-37(27)31-15-21-41-23-17-33(31)45-35)29-11-7-19-43-39(29)47-40-30(12-8-20-44-40)26(4-2)28-10-6-14-36-38(28)32-16-22-42-24-18-34(32)46-36;;/h5-14,19-20,25-26,41-42,45-46H,3-4,15-18,21-24H2,1-2H3;2*1H. The quantitative estimate of drug-likeness (QED) is 0.128. The highest BCUT2D eigenvalue weighted by Gasteiger charge is 2.27. The van der Waals surface area contributed by atoms with Crippen molar-refractivity contribution in [2.75, 3.05) is 26.2 Å². The number of hydrogen-bond acceptors (Lipinski definition) is 5. The summed E-state index contributed by atoms with van der Waals surface area (Å²) in [5.41, 5.74) is 13.0. The number of hydrogen-bond donors (Lipinski definition) is 4. The number of H-pyrrole nitrogens is 2. The Morgan fingerprint density at radius 2 is 1.00 bits per heavy atom. The molecule has 8 rings (SSSR count). The minimum atomic E-state index is 0. The third kappa shape index (κ3) is 6.45. The first-order valence-corrected chi connectivity index (χ1v) is 17.5. The van der Waals surface area contributed by atoms with Crippen LogP contribution >= 0.6 is 24.8 Å². The van der Waals surface area contributed by atoms with Gasteiger partial charge in [0, 0.05) is 94.5 Å². The molecule has 49 heavy (non-hydrogen) atoms. The van der Waals surface area contributed by atoms with Gasteiger partial charge >= 0.3 is 0 Å². The molecule has 0 radical (unpaired) electrons. The summed E-state index contributed by atoms with van der Waals surface area (Å²) >= 11 is 0. The Morgan fingerprint density at radius 3 is 1.45 bits per heavy atom. The molecule has 4 aromatic heterocycles. The molecule has 256 valence electrons. The fourth-order valence-corrected chi connectivity index (χ4v) is 8.28. The minimum absolute atomic E-state index is 0. The fraction of sp³-hybridized carbons (Fsp3) is 0.350. The topological polar surface area (TPSA) is 90.7 Å². The fourth-order valence-electron chi connectivity index (χ4n) is 8.28. The third-order valence-corrected chi connectivity index (χ3v) is 10.4. The van der Waals surface area contributed by atoms with Gasteiger partial charge in [-0.25, -0.2) is 9.97 Å². The summed E-state index contributed by atoms with van der Waals surface area (Å²) in [5, 5.41) is 9.88. The van der Waals surface area contributed by atoms with Crippen molar-refractivity contribution < 1.29 is 4.74 Å². The molecule has 2 unspecified atom stereocenters. The largest absolute Gasteiger partial charge is 0.420 e. The summed E-state index contributed by atoms with van der Waals surface area (Å²) in [5.74, 6) is 1.53. The molecule has 0 aliphatic carbocycles. The molecule has 0 saturated heterocycles. The Morgan fingerprint density at radius 1 is 0.571 bits per heavy atom. The van der Waals surface area contributed by atoms with E-state index in [1.807, 2.05) is 24.5 Å². The number of pyridine rings is 2. The predicted octanol–water partition coefficient (Wildman–Crippen LogP) is 8.54. The van der Waals surface area contributed by atoms with Crippen molar-refractivity contribution in [3.63, 3.8) is 0 Å². The molecule has 7 nitrogen and oxygen atoms in total. The van der Waals surface area contributed by atoms with E-state index < -0.39 is 0 Å². The summed E-state index contributed by atoms with van der Waals surface area (Å²) in [4.78, 5) is 17.2. The van der Waals surface area contributed by atoms with Crippen molar-refractivity contribution >= 4 is 46.6 Å². The molecule has 9 heteroatoms. The van der Waals surface area contributed by atoms with E-state index in [4.69, 9.17) is 14.7 Å². The van der Waals surface area contributed by atoms with Crippen LogP contribution < -0.4 is 15.4 Å². The molecule has 2 atom stereocenters. The lowest BCUT2D eigenvalue weighted by atomic mass is 9.85. The smallest absolute Gasteiger partial charge is 0.225 e. The molecule has 6 heterocycles. The second-order valence-electron chi connectivity index (χ2n) is 13.0. The summed E-state index contributed by atoms with van der Waals surface area (Å²) < 4.78 is 6.84. The maximum Gasteiger partial charge on any atom is 0.225 e. The SMILES string of the molecule is CCC(c1cccnc1Oc1ncccc1C(CC)c1cccc2[nH]c3c(c12)CCNCC3)c1cccc2[nH]c3c(c12)CCNCC3.Cl.Cl. The number of halogens is 2. The number of rotatable bonds is 8. The Balaban J connectivity index is 0.00000208. The van der Waals surface area contributed by atoms with Crippen LogP contribution in [0, 0.1) is 0 Å². The highest BCUT2D eigenvalue weighted by Crippen LogP contribution is 2.43. The highest BCUT2D eigenvalue weighted by molar-refractivity contribution is 5.90. The predicted molar refractivity (Wildman–Crippen MR) is 204 cm³/mol. The molecule has 2 aliphatic heterocycles. The lowest BCUT2D eigenvalue weighted by Crippen LogP contribution is -2.16. The van der Waals surface area contributed by atoms with Crippen LogP contribution in [0.3, 0.4) is 0 Å². The Hall–Kier alpha value is -3.88. The van der Waals surface area contributed by atoms with Gasteiger partial charge in [-0.3, -0.25) is 0 Å². The Bertz CT molecular complexity index is 1910. The van der Waals surface area contributed by atoms with Crippen LogP contribution in [0.5, 0.6) is 11.8 Å². The van der Waals surface area contributed by atoms with Gasteiger partial charge in [0.15, 0.2) is 0 Å². The molecule has 0 bridgehead atoms. The van der Waals surface area contributed by atoms with Crippen molar-refractivity contribution in [1.82, 2.24) is 30.6 Å². The molecular weight excluding hydrogens is 651 g/mol. The van der Waals surface area contributed by atoms with E-state index in [0.717, 1.165) is 75.8 Å². The van der Waals surface area contributed by atoms with E-state index in [9.17, 15) is 0 Å². The highest BCUT2D eigenvalue weighted by atomic mass is 35.5. The van der Waals surface area contributed by atoms with E-state index in [1.54, 1.807) is 0 Å². The van der Waals surface area contributed by atoms with Crippen LogP contribution in [0.25, 0.3) is 21.8 Å². The van der Waals surface area contributed by atoms with E-state index in [-0.39, 0.29) is 36.6 Å². The van der Waals surface area contributed by atoms with E-state index >= 15 is 0 Å². The van der Waals surface area contributed by atoms with Gasteiger partial charge in [0.2, 0.25) is 11.8 Å². The maximum atomic E-state index is 6.84. The molecule has 2 aromatic carbocycles. The van der Waals surface area contributed by atoms with Crippen molar-refractivity contribution in [2.24, 2.45) is 0 Å². The Labute approximate surface area is 300 Å². The van der Waals surface area contributed by atoms with E-state index in [2.05, 4.69) is 83.0 Å². The first kappa shape index (κ1) is 35.0.